The van der Waals surface area contributed by atoms with E-state index in [2.05, 4.69) is 20.3 Å². The number of ether oxygens (including phenoxy) is 2. The number of rotatable bonds is 7. The van der Waals surface area contributed by atoms with Crippen LogP contribution in [0.3, 0.4) is 0 Å². The number of hydrogen-bond donors (Lipinski definition) is 2. The van der Waals surface area contributed by atoms with Crippen LogP contribution in [0, 0.1) is 0 Å². The predicted octanol–water partition coefficient (Wildman–Crippen LogP) is -0.793. The summed E-state index contributed by atoms with van der Waals surface area (Å²) in [5, 5.41) is 0. The summed E-state index contributed by atoms with van der Waals surface area (Å²) in [4.78, 5) is 20.7. The highest BCUT2D eigenvalue weighted by atomic mass is 16.5. The molecular weight excluding hydrogens is 188 g/mol. The number of carbonyl (C=O) groups is 2. The monoisotopic (exact) mass is 204 g/mol. The molecule has 0 unspecified atom stereocenters. The Hall–Kier alpha value is -1.14. The van der Waals surface area contributed by atoms with Crippen molar-refractivity contribution in [1.29, 1.82) is 0 Å². The molecule has 0 saturated heterocycles. The molecule has 0 rings (SSSR count). The molecule has 0 bridgehead atoms. The number of carbonyl (C=O) groups excluding carboxylic acids is 2. The first kappa shape index (κ1) is 12.9. The second kappa shape index (κ2) is 8.46. The maximum atomic E-state index is 10.3. The summed E-state index contributed by atoms with van der Waals surface area (Å²) in [6, 6.07) is 0. The van der Waals surface area contributed by atoms with E-state index in [1.54, 1.807) is 0 Å². The Morgan fingerprint density at radius 1 is 0.929 bits per heavy atom. The molecule has 2 N–H and O–H groups in total. The molecule has 0 aromatic heterocycles. The van der Waals surface area contributed by atoms with Crippen molar-refractivity contribution in [2.45, 2.75) is 13.8 Å². The fourth-order valence-electron chi connectivity index (χ4n) is 0.668. The summed E-state index contributed by atoms with van der Waals surface area (Å²) in [5.41, 5.74) is 5.59. The second-order valence-corrected chi connectivity index (χ2v) is 2.53. The lowest BCUT2D eigenvalue weighted by atomic mass is 10.7. The lowest BCUT2D eigenvalue weighted by molar-refractivity contribution is -0.142. The quantitative estimate of drug-likeness (QED) is 0.321. The fraction of sp³-hybridized carbons (Fsp3) is 0.750. The Morgan fingerprint density at radius 3 is 1.57 bits per heavy atom. The zero-order chi connectivity index (χ0) is 10.8. The molecule has 14 heavy (non-hydrogen) atoms. The van der Waals surface area contributed by atoms with Crippen LogP contribution < -0.4 is 10.9 Å². The first-order valence-corrected chi connectivity index (χ1v) is 4.35. The van der Waals surface area contributed by atoms with Crippen molar-refractivity contribution in [1.82, 2.24) is 10.9 Å². The molecule has 0 heterocycles. The van der Waals surface area contributed by atoms with Gasteiger partial charge in [-0.2, -0.15) is 0 Å². The summed E-state index contributed by atoms with van der Waals surface area (Å²) in [6.07, 6.45) is 0. The predicted molar refractivity (Wildman–Crippen MR) is 49.3 cm³/mol. The van der Waals surface area contributed by atoms with Crippen LogP contribution in [0.2, 0.25) is 0 Å². The van der Waals surface area contributed by atoms with Gasteiger partial charge in [0.1, 0.15) is 13.2 Å². The molecular formula is C8H16N2O4. The minimum atomic E-state index is -0.299. The van der Waals surface area contributed by atoms with Crippen LogP contribution in [0.25, 0.3) is 0 Å². The molecule has 0 aliphatic heterocycles. The van der Waals surface area contributed by atoms with E-state index < -0.39 is 0 Å². The highest BCUT2D eigenvalue weighted by molar-refractivity contribution is 5.66. The van der Waals surface area contributed by atoms with Crippen molar-refractivity contribution in [3.8, 4) is 0 Å². The highest BCUT2D eigenvalue weighted by Crippen LogP contribution is 1.74. The summed E-state index contributed by atoms with van der Waals surface area (Å²) < 4.78 is 9.32. The third-order valence-electron chi connectivity index (χ3n) is 1.19. The van der Waals surface area contributed by atoms with Gasteiger partial charge in [-0.05, 0) is 0 Å². The van der Waals surface area contributed by atoms with Crippen LogP contribution in [0.1, 0.15) is 13.8 Å². The topological polar surface area (TPSA) is 76.7 Å². The van der Waals surface area contributed by atoms with E-state index in [4.69, 9.17) is 0 Å². The average Bonchev–Trinajstić information content (AvgIpc) is 2.08. The van der Waals surface area contributed by atoms with Crippen molar-refractivity contribution in [3.63, 3.8) is 0 Å². The lowest BCUT2D eigenvalue weighted by Crippen LogP contribution is -2.37. The molecule has 0 atom stereocenters. The second-order valence-electron chi connectivity index (χ2n) is 2.53. The van der Waals surface area contributed by atoms with E-state index in [-0.39, 0.29) is 11.9 Å². The van der Waals surface area contributed by atoms with Gasteiger partial charge in [0.2, 0.25) is 0 Å². The number of hydrogen-bond acceptors (Lipinski definition) is 6. The van der Waals surface area contributed by atoms with Gasteiger partial charge in [0.15, 0.2) is 0 Å². The third-order valence-corrected chi connectivity index (χ3v) is 1.19. The molecule has 0 aliphatic carbocycles. The van der Waals surface area contributed by atoms with Crippen molar-refractivity contribution in [2.24, 2.45) is 0 Å². The molecule has 0 radical (unpaired) electrons. The molecule has 0 spiro atoms. The number of nitrogens with one attached hydrogen (secondary N) is 2. The molecule has 0 fully saturated rings. The normalized spacial score (nSPS) is 9.57. The fourth-order valence-corrected chi connectivity index (χ4v) is 0.668. The van der Waals surface area contributed by atoms with Gasteiger partial charge in [-0.1, -0.05) is 0 Å². The van der Waals surface area contributed by atoms with Crippen LogP contribution in [0.15, 0.2) is 0 Å². The molecule has 0 saturated carbocycles. The molecule has 0 aliphatic rings. The summed E-state index contributed by atoms with van der Waals surface area (Å²) in [5.74, 6) is -0.599. The van der Waals surface area contributed by atoms with Gasteiger partial charge < -0.3 is 9.47 Å². The van der Waals surface area contributed by atoms with Crippen molar-refractivity contribution in [3.05, 3.63) is 0 Å². The van der Waals surface area contributed by atoms with E-state index in [0.717, 1.165) is 0 Å². The molecule has 0 aromatic rings. The largest absolute Gasteiger partial charge is 0.464 e. The zero-order valence-electron chi connectivity index (χ0n) is 8.46. The Bertz CT molecular complexity index is 164. The van der Waals surface area contributed by atoms with E-state index in [9.17, 15) is 9.59 Å². The highest BCUT2D eigenvalue weighted by Gasteiger charge is 1.93. The number of esters is 2. The van der Waals surface area contributed by atoms with Gasteiger partial charge in [0.05, 0.1) is 0 Å². The minimum absolute atomic E-state index is 0.299. The summed E-state index contributed by atoms with van der Waals surface area (Å²) in [6.45, 7) is 4.37. The van der Waals surface area contributed by atoms with E-state index in [1.807, 2.05) is 0 Å². The average molecular weight is 204 g/mol. The van der Waals surface area contributed by atoms with Gasteiger partial charge in [-0.3, -0.25) is 20.4 Å². The van der Waals surface area contributed by atoms with Crippen LogP contribution in [-0.2, 0) is 19.1 Å². The molecule has 82 valence electrons. The molecule has 0 amide bonds. The molecule has 6 nitrogen and oxygen atoms in total. The standard InChI is InChI=1S/C8H16N2O4/c1-7(11)13-5-3-9-10-4-6-14-8(2)12/h9-10H,3-6H2,1-2H3. The smallest absolute Gasteiger partial charge is 0.302 e. The summed E-state index contributed by atoms with van der Waals surface area (Å²) >= 11 is 0. The van der Waals surface area contributed by atoms with E-state index in [0.29, 0.717) is 26.3 Å². The van der Waals surface area contributed by atoms with Crippen molar-refractivity contribution >= 4 is 11.9 Å². The maximum Gasteiger partial charge on any atom is 0.302 e. The van der Waals surface area contributed by atoms with Gasteiger partial charge >= 0.3 is 11.9 Å². The summed E-state index contributed by atoms with van der Waals surface area (Å²) in [7, 11) is 0. The van der Waals surface area contributed by atoms with Crippen molar-refractivity contribution < 1.29 is 19.1 Å². The number of hydrazine groups is 1. The Labute approximate surface area is 82.9 Å². The SMILES string of the molecule is CC(=O)OCCNNCCOC(C)=O. The van der Waals surface area contributed by atoms with Gasteiger partial charge in [0, 0.05) is 26.9 Å². The Kier molecular flexibility index (Phi) is 7.77. The van der Waals surface area contributed by atoms with Gasteiger partial charge in [-0.25, -0.2) is 0 Å². The maximum absolute atomic E-state index is 10.3. The van der Waals surface area contributed by atoms with Crippen LogP contribution in [0.4, 0.5) is 0 Å². The van der Waals surface area contributed by atoms with Crippen LogP contribution in [-0.4, -0.2) is 38.2 Å². The zero-order valence-corrected chi connectivity index (χ0v) is 8.46. The van der Waals surface area contributed by atoms with Gasteiger partial charge in [0.25, 0.3) is 0 Å². The van der Waals surface area contributed by atoms with Crippen LogP contribution >= 0.6 is 0 Å². The van der Waals surface area contributed by atoms with Crippen molar-refractivity contribution in [2.75, 3.05) is 26.3 Å². The molecule has 6 heteroatoms. The van der Waals surface area contributed by atoms with Crippen LogP contribution in [0.5, 0.6) is 0 Å². The molecule has 0 aromatic carbocycles. The lowest BCUT2D eigenvalue weighted by Gasteiger charge is -2.06. The van der Waals surface area contributed by atoms with E-state index in [1.165, 1.54) is 13.8 Å². The third kappa shape index (κ3) is 10.9. The Balaban J connectivity index is 2.99. The van der Waals surface area contributed by atoms with E-state index >= 15 is 0 Å². The first-order chi connectivity index (χ1) is 6.63. The Morgan fingerprint density at radius 2 is 1.29 bits per heavy atom. The minimum Gasteiger partial charge on any atom is -0.464 e. The van der Waals surface area contributed by atoms with Gasteiger partial charge in [-0.15, -0.1) is 0 Å². The first-order valence-electron chi connectivity index (χ1n) is 4.35.